The van der Waals surface area contributed by atoms with Gasteiger partial charge in [0.2, 0.25) is 0 Å². The van der Waals surface area contributed by atoms with Gasteiger partial charge in [0.25, 0.3) is 5.56 Å². The highest BCUT2D eigenvalue weighted by atomic mass is 16.6. The highest BCUT2D eigenvalue weighted by Gasteiger charge is 2.32. The summed E-state index contributed by atoms with van der Waals surface area (Å²) < 4.78 is 14.1. The molecule has 1 aliphatic carbocycles. The fourth-order valence-corrected chi connectivity index (χ4v) is 6.33. The Balaban J connectivity index is 1.31. The number of ether oxygens (including phenoxy) is 1. The van der Waals surface area contributed by atoms with Crippen LogP contribution < -0.4 is 11.3 Å². The van der Waals surface area contributed by atoms with Gasteiger partial charge in [0.05, 0.1) is 11.9 Å². The molecule has 1 saturated carbocycles. The quantitative estimate of drug-likeness (QED) is 0.201. The van der Waals surface area contributed by atoms with Gasteiger partial charge in [0.1, 0.15) is 11.8 Å². The van der Waals surface area contributed by atoms with Crippen molar-refractivity contribution in [2.24, 2.45) is 0 Å². The van der Waals surface area contributed by atoms with Crippen LogP contribution in [-0.4, -0.2) is 47.1 Å². The molecule has 0 amide bonds. The molecule has 6 rings (SSSR count). The lowest BCUT2D eigenvalue weighted by Crippen LogP contribution is -2.38. The summed E-state index contributed by atoms with van der Waals surface area (Å²) in [5.41, 5.74) is 4.46. The van der Waals surface area contributed by atoms with Crippen LogP contribution in [0.25, 0.3) is 28.2 Å². The van der Waals surface area contributed by atoms with E-state index in [1.807, 2.05) is 63.7 Å². The molecule has 240 valence electrons. The number of aromatic nitrogens is 5. The van der Waals surface area contributed by atoms with E-state index < -0.39 is 17.3 Å². The van der Waals surface area contributed by atoms with Crippen molar-refractivity contribution in [2.75, 3.05) is 0 Å². The molecule has 0 spiro atoms. The number of aromatic amines is 1. The summed E-state index contributed by atoms with van der Waals surface area (Å²) in [5.74, 6) is -0.875. The SMILES string of the molecule is CCCCc1c(Cc2ccc(-c3ccccc3-c3noc(=O)[nH]3)cc2)c(=O)n(C2CCC(OC(=O)C(C)(C)O)CC2)c2ccnn12. The van der Waals surface area contributed by atoms with Gasteiger partial charge in [-0.05, 0) is 69.1 Å². The minimum absolute atomic E-state index is 0.0135. The summed E-state index contributed by atoms with van der Waals surface area (Å²) in [6.07, 6.45) is 7.12. The molecule has 2 N–H and O–H groups in total. The van der Waals surface area contributed by atoms with Gasteiger partial charge < -0.3 is 9.84 Å². The zero-order valence-corrected chi connectivity index (χ0v) is 26.4. The summed E-state index contributed by atoms with van der Waals surface area (Å²) in [7, 11) is 0. The molecule has 0 saturated heterocycles. The summed E-state index contributed by atoms with van der Waals surface area (Å²) in [6.45, 7) is 4.98. The molecular formula is C35H39N5O6. The first-order valence-corrected chi connectivity index (χ1v) is 15.9. The van der Waals surface area contributed by atoms with E-state index in [1.54, 1.807) is 6.20 Å². The molecule has 0 atom stereocenters. The van der Waals surface area contributed by atoms with Gasteiger partial charge in [0.15, 0.2) is 11.4 Å². The van der Waals surface area contributed by atoms with E-state index in [4.69, 9.17) is 9.26 Å². The van der Waals surface area contributed by atoms with Crippen LogP contribution in [0, 0.1) is 0 Å². The van der Waals surface area contributed by atoms with E-state index in [0.717, 1.165) is 58.4 Å². The van der Waals surface area contributed by atoms with E-state index in [0.29, 0.717) is 37.9 Å². The second kappa shape index (κ2) is 12.9. The maximum atomic E-state index is 14.4. The number of hydrogen-bond donors (Lipinski definition) is 2. The molecule has 46 heavy (non-hydrogen) atoms. The standard InChI is InChI=1S/C35H39N5O6/c1-4-5-10-29-28(21-22-11-13-23(14-12-22)26-8-6-7-9-27(26)31-37-34(43)46-38-31)32(41)39(30-19-20-36-40(29)30)24-15-17-25(18-16-24)45-33(42)35(2,3)44/h6-9,11-14,19-20,24-25,44H,4-5,10,15-18,21H2,1-3H3,(H,37,38,43). The molecule has 11 nitrogen and oxygen atoms in total. The topological polar surface area (TPSA) is 145 Å². The van der Waals surface area contributed by atoms with Crippen molar-refractivity contribution in [3.05, 3.63) is 98.5 Å². The molecule has 3 heterocycles. The lowest BCUT2D eigenvalue weighted by Gasteiger charge is -2.32. The molecule has 0 unspecified atom stereocenters. The zero-order chi connectivity index (χ0) is 32.4. The maximum absolute atomic E-state index is 14.4. The van der Waals surface area contributed by atoms with Crippen molar-refractivity contribution in [1.29, 1.82) is 0 Å². The molecule has 0 aliphatic heterocycles. The van der Waals surface area contributed by atoms with Gasteiger partial charge in [-0.2, -0.15) is 5.10 Å². The lowest BCUT2D eigenvalue weighted by atomic mass is 9.92. The number of nitrogens with one attached hydrogen (secondary N) is 1. The Hall–Kier alpha value is -4.77. The Morgan fingerprint density at radius 2 is 1.76 bits per heavy atom. The average Bonchev–Trinajstić information content (AvgIpc) is 3.71. The molecule has 0 radical (unpaired) electrons. The van der Waals surface area contributed by atoms with Gasteiger partial charge in [-0.1, -0.05) is 67.0 Å². The number of unbranched alkanes of at least 4 members (excludes halogenated alkanes) is 1. The molecular weight excluding hydrogens is 586 g/mol. The maximum Gasteiger partial charge on any atom is 0.439 e. The average molecular weight is 626 g/mol. The largest absolute Gasteiger partial charge is 0.460 e. The van der Waals surface area contributed by atoms with Crippen LogP contribution in [0.1, 0.15) is 82.2 Å². The lowest BCUT2D eigenvalue weighted by molar-refractivity contribution is -0.169. The Morgan fingerprint density at radius 1 is 1.04 bits per heavy atom. The monoisotopic (exact) mass is 625 g/mol. The number of nitrogens with zero attached hydrogens (tertiary/aromatic N) is 4. The number of benzene rings is 2. The van der Waals surface area contributed by atoms with E-state index in [9.17, 15) is 19.5 Å². The minimum atomic E-state index is -1.54. The summed E-state index contributed by atoms with van der Waals surface area (Å²) in [4.78, 5) is 40.9. The molecule has 11 heteroatoms. The Kier molecular flexibility index (Phi) is 8.77. The molecule has 1 fully saturated rings. The second-order valence-corrected chi connectivity index (χ2v) is 12.6. The van der Waals surface area contributed by atoms with E-state index >= 15 is 0 Å². The number of carbonyl (C=O) groups is 1. The Morgan fingerprint density at radius 3 is 2.41 bits per heavy atom. The third-order valence-corrected chi connectivity index (χ3v) is 8.77. The number of aliphatic hydroxyl groups is 1. The van der Waals surface area contributed by atoms with E-state index in [1.165, 1.54) is 13.8 Å². The number of hydrogen-bond acceptors (Lipinski definition) is 8. The zero-order valence-electron chi connectivity index (χ0n) is 26.4. The third-order valence-electron chi connectivity index (χ3n) is 8.77. The Labute approximate surface area is 265 Å². The molecule has 1 aliphatic rings. The smallest absolute Gasteiger partial charge is 0.439 e. The first-order chi connectivity index (χ1) is 22.1. The second-order valence-electron chi connectivity index (χ2n) is 12.6. The normalized spacial score (nSPS) is 17.0. The van der Waals surface area contributed by atoms with Crippen LogP contribution in [0.3, 0.4) is 0 Å². The van der Waals surface area contributed by atoms with Crippen molar-refractivity contribution in [2.45, 2.75) is 89.9 Å². The van der Waals surface area contributed by atoms with Gasteiger partial charge in [-0.3, -0.25) is 18.9 Å². The molecule has 0 bridgehead atoms. The number of fused-ring (bicyclic) bond motifs is 1. The predicted molar refractivity (Wildman–Crippen MR) is 173 cm³/mol. The van der Waals surface area contributed by atoms with Gasteiger partial charge >= 0.3 is 11.7 Å². The highest BCUT2D eigenvalue weighted by Crippen LogP contribution is 2.33. The Bertz CT molecular complexity index is 1950. The van der Waals surface area contributed by atoms with Crippen LogP contribution in [0.4, 0.5) is 0 Å². The number of carbonyl (C=O) groups excluding carboxylic acids is 1. The van der Waals surface area contributed by atoms with Crippen LogP contribution in [0.2, 0.25) is 0 Å². The van der Waals surface area contributed by atoms with E-state index in [2.05, 4.69) is 22.2 Å². The fourth-order valence-electron chi connectivity index (χ4n) is 6.33. The van der Waals surface area contributed by atoms with E-state index in [-0.39, 0.29) is 17.7 Å². The van der Waals surface area contributed by atoms with Gasteiger partial charge in [-0.25, -0.2) is 14.1 Å². The summed E-state index contributed by atoms with van der Waals surface area (Å²) >= 11 is 0. The molecule has 3 aromatic heterocycles. The predicted octanol–water partition coefficient (Wildman–Crippen LogP) is 5.24. The van der Waals surface area contributed by atoms with Crippen molar-refractivity contribution in [1.82, 2.24) is 24.3 Å². The van der Waals surface area contributed by atoms with Crippen molar-refractivity contribution in [3.63, 3.8) is 0 Å². The van der Waals surface area contributed by atoms with Crippen LogP contribution in [-0.2, 0) is 22.4 Å². The van der Waals surface area contributed by atoms with Crippen LogP contribution >= 0.6 is 0 Å². The first kappa shape index (κ1) is 31.2. The number of aryl methyl sites for hydroxylation is 1. The number of H-pyrrole nitrogens is 1. The molecule has 5 aromatic rings. The highest BCUT2D eigenvalue weighted by molar-refractivity contribution is 5.80. The van der Waals surface area contributed by atoms with Crippen molar-refractivity contribution in [3.8, 4) is 22.5 Å². The number of rotatable bonds is 10. The minimum Gasteiger partial charge on any atom is -0.460 e. The molecule has 2 aromatic carbocycles. The van der Waals surface area contributed by atoms with Crippen LogP contribution in [0.15, 0.2) is 74.9 Å². The van der Waals surface area contributed by atoms with Gasteiger partial charge in [-0.15, -0.1) is 0 Å². The first-order valence-electron chi connectivity index (χ1n) is 15.9. The van der Waals surface area contributed by atoms with Gasteiger partial charge in [0, 0.05) is 29.7 Å². The van der Waals surface area contributed by atoms with Crippen LogP contribution in [0.5, 0.6) is 0 Å². The van der Waals surface area contributed by atoms with Crippen molar-refractivity contribution < 1.29 is 19.2 Å². The fraction of sp³-hybridized carbons (Fsp3) is 0.400. The third kappa shape index (κ3) is 6.32. The summed E-state index contributed by atoms with van der Waals surface area (Å²) in [6, 6.07) is 17.6. The summed E-state index contributed by atoms with van der Waals surface area (Å²) in [5, 5.41) is 18.5. The van der Waals surface area contributed by atoms with Crippen molar-refractivity contribution >= 4 is 11.6 Å². The number of esters is 1.